The Morgan fingerprint density at radius 1 is 1.14 bits per heavy atom. The number of carboxylic acid groups (broad SMARTS) is 1. The number of amides is 2. The topological polar surface area (TPSA) is 64.1 Å². The minimum absolute atomic E-state index is 0.0968. The van der Waals surface area contributed by atoms with Gasteiger partial charge in [0.05, 0.1) is 0 Å². The van der Waals surface area contributed by atoms with Crippen molar-refractivity contribution >= 4 is 12.0 Å². The van der Waals surface area contributed by atoms with Crippen molar-refractivity contribution in [2.24, 2.45) is 5.92 Å². The van der Waals surface area contributed by atoms with E-state index in [9.17, 15) is 14.7 Å². The van der Waals surface area contributed by atoms with Gasteiger partial charge in [0.25, 0.3) is 0 Å². The highest BCUT2D eigenvalue weighted by Gasteiger charge is 2.39. The Balaban J connectivity index is 2.08. The number of carbonyl (C=O) groups excluding carboxylic acids is 1. The van der Waals surface area contributed by atoms with Crippen molar-refractivity contribution in [2.45, 2.75) is 44.7 Å². The first-order valence-electron chi connectivity index (χ1n) is 7.86. The molecule has 120 valence electrons. The van der Waals surface area contributed by atoms with E-state index < -0.39 is 12.0 Å². The predicted molar refractivity (Wildman–Crippen MR) is 80.2 cm³/mol. The van der Waals surface area contributed by atoms with E-state index in [4.69, 9.17) is 0 Å². The molecular weight excluding hydrogens is 270 g/mol. The van der Waals surface area contributed by atoms with Gasteiger partial charge in [0, 0.05) is 25.7 Å². The van der Waals surface area contributed by atoms with E-state index in [0.717, 1.165) is 19.3 Å². The van der Waals surface area contributed by atoms with Crippen LogP contribution >= 0.6 is 0 Å². The third kappa shape index (κ3) is 3.48. The van der Waals surface area contributed by atoms with Crippen LogP contribution < -0.4 is 0 Å². The molecule has 6 heteroatoms. The highest BCUT2D eigenvalue weighted by Crippen LogP contribution is 2.24. The van der Waals surface area contributed by atoms with E-state index in [-0.39, 0.29) is 6.03 Å². The van der Waals surface area contributed by atoms with Gasteiger partial charge in [0.15, 0.2) is 0 Å². The van der Waals surface area contributed by atoms with Gasteiger partial charge in [-0.05, 0) is 32.9 Å². The van der Waals surface area contributed by atoms with Gasteiger partial charge in [-0.3, -0.25) is 0 Å². The highest BCUT2D eigenvalue weighted by atomic mass is 16.4. The number of hydrogen-bond donors (Lipinski definition) is 1. The summed E-state index contributed by atoms with van der Waals surface area (Å²) in [4.78, 5) is 29.8. The summed E-state index contributed by atoms with van der Waals surface area (Å²) >= 11 is 0. The third-order valence-electron chi connectivity index (χ3n) is 4.79. The lowest BCUT2D eigenvalue weighted by atomic mass is 10.1. The Labute approximate surface area is 126 Å². The molecule has 2 aliphatic rings. The second-order valence-corrected chi connectivity index (χ2v) is 6.59. The van der Waals surface area contributed by atoms with Crippen molar-refractivity contribution in [1.29, 1.82) is 0 Å². The van der Waals surface area contributed by atoms with E-state index in [2.05, 4.69) is 11.8 Å². The summed E-state index contributed by atoms with van der Waals surface area (Å²) in [5.41, 5.74) is 0. The maximum atomic E-state index is 12.8. The Hall–Kier alpha value is -1.30. The van der Waals surface area contributed by atoms with Crippen molar-refractivity contribution in [1.82, 2.24) is 14.7 Å². The SMILES string of the molecule is CC1CN(C(=O)N2CCCCCC2C(=O)O)CC1N(C)C. The number of likely N-dealkylation sites (tertiary alicyclic amines) is 2. The van der Waals surface area contributed by atoms with Crippen LogP contribution in [0.25, 0.3) is 0 Å². The number of rotatable bonds is 2. The molecule has 0 aliphatic carbocycles. The second kappa shape index (κ2) is 6.64. The molecule has 0 saturated carbocycles. The summed E-state index contributed by atoms with van der Waals surface area (Å²) in [6.07, 6.45) is 3.36. The molecule has 21 heavy (non-hydrogen) atoms. The first kappa shape index (κ1) is 16.1. The molecule has 3 atom stereocenters. The minimum atomic E-state index is -0.873. The largest absolute Gasteiger partial charge is 0.480 e. The quantitative estimate of drug-likeness (QED) is 0.835. The molecule has 0 radical (unpaired) electrons. The molecule has 2 fully saturated rings. The Morgan fingerprint density at radius 3 is 2.43 bits per heavy atom. The van der Waals surface area contributed by atoms with Crippen molar-refractivity contribution in [2.75, 3.05) is 33.7 Å². The van der Waals surface area contributed by atoms with Crippen molar-refractivity contribution in [3.63, 3.8) is 0 Å². The molecule has 0 aromatic rings. The van der Waals surface area contributed by atoms with Gasteiger partial charge in [-0.2, -0.15) is 0 Å². The van der Waals surface area contributed by atoms with Crippen molar-refractivity contribution in [3.8, 4) is 0 Å². The fourth-order valence-electron chi connectivity index (χ4n) is 3.55. The lowest BCUT2D eigenvalue weighted by molar-refractivity contribution is -0.142. The molecule has 0 bridgehead atoms. The van der Waals surface area contributed by atoms with Crippen LogP contribution in [-0.2, 0) is 4.79 Å². The van der Waals surface area contributed by atoms with Crippen LogP contribution in [0, 0.1) is 5.92 Å². The average Bonchev–Trinajstić information content (AvgIpc) is 2.66. The highest BCUT2D eigenvalue weighted by molar-refractivity contribution is 5.83. The zero-order valence-corrected chi connectivity index (χ0v) is 13.3. The molecule has 1 N–H and O–H groups in total. The van der Waals surface area contributed by atoms with Crippen molar-refractivity contribution in [3.05, 3.63) is 0 Å². The smallest absolute Gasteiger partial charge is 0.326 e. The molecule has 2 saturated heterocycles. The van der Waals surface area contributed by atoms with Crippen molar-refractivity contribution < 1.29 is 14.7 Å². The number of carbonyl (C=O) groups is 2. The first-order valence-corrected chi connectivity index (χ1v) is 7.86. The fourth-order valence-corrected chi connectivity index (χ4v) is 3.55. The molecule has 6 nitrogen and oxygen atoms in total. The summed E-state index contributed by atoms with van der Waals surface area (Å²) in [6.45, 7) is 4.11. The zero-order chi connectivity index (χ0) is 15.6. The van der Waals surface area contributed by atoms with Gasteiger partial charge < -0.3 is 19.8 Å². The molecule has 2 rings (SSSR count). The van der Waals surface area contributed by atoms with E-state index in [0.29, 0.717) is 38.0 Å². The predicted octanol–water partition coefficient (Wildman–Crippen LogP) is 1.32. The monoisotopic (exact) mass is 297 g/mol. The maximum absolute atomic E-state index is 12.8. The molecule has 0 spiro atoms. The Bertz CT molecular complexity index is 400. The number of urea groups is 1. The number of hydrogen-bond acceptors (Lipinski definition) is 3. The van der Waals surface area contributed by atoms with Gasteiger partial charge in [0.2, 0.25) is 0 Å². The summed E-state index contributed by atoms with van der Waals surface area (Å²) in [6, 6.07) is -0.404. The van der Waals surface area contributed by atoms with Gasteiger partial charge in [-0.15, -0.1) is 0 Å². The summed E-state index contributed by atoms with van der Waals surface area (Å²) in [5, 5.41) is 9.40. The van der Waals surface area contributed by atoms with Crippen LogP contribution in [0.15, 0.2) is 0 Å². The summed E-state index contributed by atoms with van der Waals surface area (Å²) in [5.74, 6) is -0.458. The van der Waals surface area contributed by atoms with Gasteiger partial charge >= 0.3 is 12.0 Å². The Morgan fingerprint density at radius 2 is 1.86 bits per heavy atom. The number of aliphatic carboxylic acids is 1. The average molecular weight is 297 g/mol. The molecule has 2 heterocycles. The molecular formula is C15H27N3O3. The fraction of sp³-hybridized carbons (Fsp3) is 0.867. The van der Waals surface area contributed by atoms with E-state index >= 15 is 0 Å². The minimum Gasteiger partial charge on any atom is -0.480 e. The number of carboxylic acids is 1. The first-order chi connectivity index (χ1) is 9.91. The number of nitrogens with zero attached hydrogens (tertiary/aromatic N) is 3. The van der Waals surface area contributed by atoms with E-state index in [1.165, 1.54) is 0 Å². The van der Waals surface area contributed by atoms with Gasteiger partial charge in [-0.1, -0.05) is 19.8 Å². The van der Waals surface area contributed by atoms with Crippen LogP contribution in [0.4, 0.5) is 4.79 Å². The van der Waals surface area contributed by atoms with Gasteiger partial charge in [-0.25, -0.2) is 9.59 Å². The summed E-state index contributed by atoms with van der Waals surface area (Å²) < 4.78 is 0. The van der Waals surface area contributed by atoms with Crippen LogP contribution in [0.1, 0.15) is 32.6 Å². The lowest BCUT2D eigenvalue weighted by Gasteiger charge is -2.31. The Kier molecular flexibility index (Phi) is 5.08. The van der Waals surface area contributed by atoms with Crippen LogP contribution in [0.5, 0.6) is 0 Å². The van der Waals surface area contributed by atoms with E-state index in [1.807, 2.05) is 19.0 Å². The normalized spacial score (nSPS) is 30.6. The third-order valence-corrected chi connectivity index (χ3v) is 4.79. The van der Waals surface area contributed by atoms with Crippen LogP contribution in [-0.4, -0.2) is 77.6 Å². The second-order valence-electron chi connectivity index (χ2n) is 6.59. The molecule has 0 aromatic heterocycles. The molecule has 3 unspecified atom stereocenters. The van der Waals surface area contributed by atoms with Crippen LogP contribution in [0.3, 0.4) is 0 Å². The molecule has 2 amide bonds. The number of likely N-dealkylation sites (N-methyl/N-ethyl adjacent to an activating group) is 1. The van der Waals surface area contributed by atoms with Crippen LogP contribution in [0.2, 0.25) is 0 Å². The molecule has 2 aliphatic heterocycles. The lowest BCUT2D eigenvalue weighted by Crippen LogP contribution is -2.50. The van der Waals surface area contributed by atoms with Gasteiger partial charge in [0.1, 0.15) is 6.04 Å². The molecule has 0 aromatic carbocycles. The standard InChI is InChI=1S/C15H27N3O3/c1-11-9-17(10-13(11)16(2)3)15(21)18-8-6-4-5-7-12(18)14(19)20/h11-13H,4-10H2,1-3H3,(H,19,20). The van der Waals surface area contributed by atoms with E-state index in [1.54, 1.807) is 4.90 Å². The maximum Gasteiger partial charge on any atom is 0.326 e. The zero-order valence-electron chi connectivity index (χ0n) is 13.3. The summed E-state index contributed by atoms with van der Waals surface area (Å²) in [7, 11) is 4.06.